The van der Waals surface area contributed by atoms with E-state index in [1.54, 1.807) is 0 Å². The van der Waals surface area contributed by atoms with Gasteiger partial charge in [0.05, 0.1) is 0 Å². The molecule has 0 aromatic carbocycles. The third-order valence-electron chi connectivity index (χ3n) is 3.16. The summed E-state index contributed by atoms with van der Waals surface area (Å²) in [4.78, 5) is 14.0. The smallest absolute Gasteiger partial charge is 0.249 e. The van der Waals surface area contributed by atoms with Crippen LogP contribution in [0.1, 0.15) is 12.8 Å². The normalized spacial score (nSPS) is 25.3. The van der Waals surface area contributed by atoms with Gasteiger partial charge in [-0.05, 0) is 12.8 Å². The zero-order valence-corrected chi connectivity index (χ0v) is 10.9. The van der Waals surface area contributed by atoms with Crippen LogP contribution in [0.3, 0.4) is 0 Å². The van der Waals surface area contributed by atoms with Crippen LogP contribution in [0.15, 0.2) is 0 Å². The number of nitrogens with zero attached hydrogens (tertiary/aromatic N) is 1. The Hall–Kier alpha value is -0.360. The van der Waals surface area contributed by atoms with Gasteiger partial charge in [-0.25, -0.2) is 0 Å². The molecule has 0 aromatic heterocycles. The summed E-state index contributed by atoms with van der Waals surface area (Å²) in [6, 6.07) is 0. The van der Waals surface area contributed by atoms with Crippen LogP contribution in [-0.4, -0.2) is 62.8 Å². The summed E-state index contributed by atoms with van der Waals surface area (Å²) in [7, 11) is 0. The molecule has 5 nitrogen and oxygen atoms in total. The summed E-state index contributed by atoms with van der Waals surface area (Å²) in [6.07, 6.45) is 1.69. The summed E-state index contributed by atoms with van der Waals surface area (Å²) in [6.45, 7) is 6.68. The molecule has 2 heterocycles. The molecule has 0 spiro atoms. The van der Waals surface area contributed by atoms with Gasteiger partial charge in [-0.3, -0.25) is 9.69 Å². The Morgan fingerprint density at radius 3 is 2.82 bits per heavy atom. The maximum atomic E-state index is 11.6. The predicted octanol–water partition coefficient (Wildman–Crippen LogP) is -0.391. The van der Waals surface area contributed by atoms with Crippen LogP contribution in [0, 0.1) is 0 Å². The molecule has 2 aliphatic heterocycles. The topological polar surface area (TPSA) is 53.6 Å². The first-order chi connectivity index (χ1) is 7.86. The molecule has 100 valence electrons. The van der Waals surface area contributed by atoms with Crippen molar-refractivity contribution in [3.05, 3.63) is 0 Å². The van der Waals surface area contributed by atoms with E-state index in [-0.39, 0.29) is 24.4 Å². The van der Waals surface area contributed by atoms with Gasteiger partial charge in [0.15, 0.2) is 0 Å². The zero-order chi connectivity index (χ0) is 11.2. The number of rotatable bonds is 4. The highest BCUT2D eigenvalue weighted by atomic mass is 35.5. The first-order valence-corrected chi connectivity index (χ1v) is 6.18. The van der Waals surface area contributed by atoms with Crippen LogP contribution in [0.5, 0.6) is 0 Å². The highest BCUT2D eigenvalue weighted by molar-refractivity contribution is 5.85. The van der Waals surface area contributed by atoms with Crippen LogP contribution < -0.4 is 10.6 Å². The molecule has 0 bridgehead atoms. The average Bonchev–Trinajstić information content (AvgIpc) is 2.84. The Labute approximate surface area is 109 Å². The molecular formula is C11H22ClN3O2. The van der Waals surface area contributed by atoms with Crippen molar-refractivity contribution in [2.24, 2.45) is 0 Å². The van der Waals surface area contributed by atoms with Crippen molar-refractivity contribution >= 4 is 18.3 Å². The molecule has 0 aromatic rings. The second-order valence-corrected chi connectivity index (χ2v) is 4.38. The third-order valence-corrected chi connectivity index (χ3v) is 3.16. The van der Waals surface area contributed by atoms with E-state index < -0.39 is 0 Å². The maximum Gasteiger partial charge on any atom is 0.249 e. The number of nitrogens with one attached hydrogen (secondary N) is 2. The number of amides is 1. The number of piperazine rings is 1. The SMILES string of the molecule is Cl.O=C(NCCN1CCNCC1)C1CCCO1. The van der Waals surface area contributed by atoms with E-state index >= 15 is 0 Å². The van der Waals surface area contributed by atoms with Crippen LogP contribution in [-0.2, 0) is 9.53 Å². The van der Waals surface area contributed by atoms with E-state index in [0.29, 0.717) is 0 Å². The van der Waals surface area contributed by atoms with Gasteiger partial charge in [0.1, 0.15) is 6.10 Å². The maximum absolute atomic E-state index is 11.6. The Morgan fingerprint density at radius 2 is 2.18 bits per heavy atom. The highest BCUT2D eigenvalue weighted by Gasteiger charge is 2.23. The minimum atomic E-state index is -0.192. The lowest BCUT2D eigenvalue weighted by Crippen LogP contribution is -2.47. The largest absolute Gasteiger partial charge is 0.368 e. The molecule has 0 aliphatic carbocycles. The Balaban J connectivity index is 0.00000144. The lowest BCUT2D eigenvalue weighted by Gasteiger charge is -2.27. The summed E-state index contributed by atoms with van der Waals surface area (Å²) in [5, 5.41) is 6.26. The van der Waals surface area contributed by atoms with E-state index in [1.807, 2.05) is 0 Å². The van der Waals surface area contributed by atoms with Gasteiger partial charge in [0.25, 0.3) is 0 Å². The van der Waals surface area contributed by atoms with Crippen molar-refractivity contribution < 1.29 is 9.53 Å². The summed E-state index contributed by atoms with van der Waals surface area (Å²) in [5.41, 5.74) is 0. The van der Waals surface area contributed by atoms with Crippen LogP contribution >= 0.6 is 12.4 Å². The van der Waals surface area contributed by atoms with Crippen molar-refractivity contribution in [3.8, 4) is 0 Å². The average molecular weight is 264 g/mol. The van der Waals surface area contributed by atoms with E-state index in [4.69, 9.17) is 4.74 Å². The lowest BCUT2D eigenvalue weighted by atomic mass is 10.2. The van der Waals surface area contributed by atoms with E-state index in [9.17, 15) is 4.79 Å². The number of carbonyl (C=O) groups is 1. The fraction of sp³-hybridized carbons (Fsp3) is 0.909. The van der Waals surface area contributed by atoms with Gasteiger partial charge >= 0.3 is 0 Å². The zero-order valence-electron chi connectivity index (χ0n) is 10.1. The Kier molecular flexibility index (Phi) is 6.80. The van der Waals surface area contributed by atoms with Crippen molar-refractivity contribution in [1.29, 1.82) is 0 Å². The summed E-state index contributed by atoms with van der Waals surface area (Å²) >= 11 is 0. The number of hydrogen-bond acceptors (Lipinski definition) is 4. The highest BCUT2D eigenvalue weighted by Crippen LogP contribution is 2.11. The van der Waals surface area contributed by atoms with E-state index in [0.717, 1.165) is 58.7 Å². The van der Waals surface area contributed by atoms with Gasteiger partial charge in [0.2, 0.25) is 5.91 Å². The van der Waals surface area contributed by atoms with Gasteiger partial charge in [-0.1, -0.05) is 0 Å². The Bertz CT molecular complexity index is 229. The number of halogens is 1. The van der Waals surface area contributed by atoms with E-state index in [2.05, 4.69) is 15.5 Å². The van der Waals surface area contributed by atoms with Crippen molar-refractivity contribution in [2.75, 3.05) is 45.9 Å². The number of carbonyl (C=O) groups excluding carboxylic acids is 1. The lowest BCUT2D eigenvalue weighted by molar-refractivity contribution is -0.130. The molecule has 1 atom stereocenters. The third kappa shape index (κ3) is 4.79. The fourth-order valence-corrected chi connectivity index (χ4v) is 2.17. The molecule has 1 amide bonds. The quantitative estimate of drug-likeness (QED) is 0.725. The molecule has 17 heavy (non-hydrogen) atoms. The second-order valence-electron chi connectivity index (χ2n) is 4.38. The van der Waals surface area contributed by atoms with Crippen LogP contribution in [0.4, 0.5) is 0 Å². The van der Waals surface area contributed by atoms with Gasteiger partial charge in [-0.2, -0.15) is 0 Å². The van der Waals surface area contributed by atoms with Gasteiger partial charge in [-0.15, -0.1) is 12.4 Å². The van der Waals surface area contributed by atoms with E-state index in [1.165, 1.54) is 0 Å². The molecule has 2 saturated heterocycles. The molecule has 6 heteroatoms. The Morgan fingerprint density at radius 1 is 1.41 bits per heavy atom. The molecule has 2 aliphatic rings. The summed E-state index contributed by atoms with van der Waals surface area (Å²) < 4.78 is 5.32. The first-order valence-electron chi connectivity index (χ1n) is 6.18. The molecule has 2 rings (SSSR count). The van der Waals surface area contributed by atoms with Crippen LogP contribution in [0.2, 0.25) is 0 Å². The molecular weight excluding hydrogens is 242 g/mol. The van der Waals surface area contributed by atoms with Crippen molar-refractivity contribution in [3.63, 3.8) is 0 Å². The van der Waals surface area contributed by atoms with Crippen LogP contribution in [0.25, 0.3) is 0 Å². The van der Waals surface area contributed by atoms with Gasteiger partial charge in [0, 0.05) is 45.9 Å². The standard InChI is InChI=1S/C11H21N3O2.ClH/c15-11(10-2-1-9-16-10)13-5-8-14-6-3-12-4-7-14;/h10,12H,1-9H2,(H,13,15);1H. The minimum absolute atomic E-state index is 0. The fourth-order valence-electron chi connectivity index (χ4n) is 2.17. The van der Waals surface area contributed by atoms with Crippen molar-refractivity contribution in [1.82, 2.24) is 15.5 Å². The monoisotopic (exact) mass is 263 g/mol. The minimum Gasteiger partial charge on any atom is -0.368 e. The summed E-state index contributed by atoms with van der Waals surface area (Å²) in [5.74, 6) is 0.0626. The van der Waals surface area contributed by atoms with Gasteiger partial charge < -0.3 is 15.4 Å². The second kappa shape index (κ2) is 7.87. The number of hydrogen-bond donors (Lipinski definition) is 2. The molecule has 0 saturated carbocycles. The first kappa shape index (κ1) is 14.7. The molecule has 2 N–H and O–H groups in total. The molecule has 0 radical (unpaired) electrons. The predicted molar refractivity (Wildman–Crippen MR) is 68.5 cm³/mol. The molecule has 2 fully saturated rings. The number of ether oxygens (including phenoxy) is 1. The molecule has 1 unspecified atom stereocenters. The van der Waals surface area contributed by atoms with Crippen molar-refractivity contribution in [2.45, 2.75) is 18.9 Å².